The van der Waals surface area contributed by atoms with Crippen molar-refractivity contribution in [3.63, 3.8) is 0 Å². The Bertz CT molecular complexity index is 1050. The molecule has 0 bridgehead atoms. The molecule has 3 aromatic rings. The first-order chi connectivity index (χ1) is 14.0. The summed E-state index contributed by atoms with van der Waals surface area (Å²) in [6.07, 6.45) is 1.90. The zero-order chi connectivity index (χ0) is 20.4. The molecule has 0 aliphatic carbocycles. The van der Waals surface area contributed by atoms with Crippen LogP contribution < -0.4 is 15.4 Å². The molecule has 29 heavy (non-hydrogen) atoms. The molecule has 0 spiro atoms. The summed E-state index contributed by atoms with van der Waals surface area (Å²) in [5, 5.41) is 18.1. The Morgan fingerprint density at radius 2 is 1.83 bits per heavy atom. The van der Waals surface area contributed by atoms with Crippen molar-refractivity contribution in [3.05, 3.63) is 99.0 Å². The van der Waals surface area contributed by atoms with E-state index in [1.807, 2.05) is 36.4 Å². The molecule has 1 aliphatic heterocycles. The van der Waals surface area contributed by atoms with Crippen molar-refractivity contribution in [1.29, 1.82) is 0 Å². The lowest BCUT2D eigenvalue weighted by atomic mass is 9.98. The molecule has 1 aliphatic rings. The zero-order valence-corrected chi connectivity index (χ0v) is 18.0. The summed E-state index contributed by atoms with van der Waals surface area (Å²) in [7, 11) is 1.65. The lowest BCUT2D eigenvalue weighted by molar-refractivity contribution is 0.413. The molecule has 3 aromatic carbocycles. The summed E-state index contributed by atoms with van der Waals surface area (Å²) in [4.78, 5) is 0. The van der Waals surface area contributed by atoms with Gasteiger partial charge in [0.05, 0.1) is 13.2 Å². The minimum atomic E-state index is -0.232. The Morgan fingerprint density at radius 3 is 2.59 bits per heavy atom. The first kappa shape index (κ1) is 19.8. The third-order valence-electron chi connectivity index (χ3n) is 4.89. The number of halogens is 2. The molecule has 0 aromatic heterocycles. The highest BCUT2D eigenvalue weighted by atomic mass is 79.9. The summed E-state index contributed by atoms with van der Waals surface area (Å²) in [5.41, 5.74) is 3.74. The van der Waals surface area contributed by atoms with E-state index in [0.29, 0.717) is 5.02 Å². The van der Waals surface area contributed by atoms with Gasteiger partial charge in [-0.3, -0.25) is 5.32 Å². The topological polar surface area (TPSA) is 53.5 Å². The molecular weight excluding hydrogens is 452 g/mol. The molecule has 2 atom stereocenters. The first-order valence-electron chi connectivity index (χ1n) is 9.16. The molecule has 0 fully saturated rings. The Hall–Kier alpha value is -2.47. The molecule has 0 saturated heterocycles. The van der Waals surface area contributed by atoms with E-state index in [2.05, 4.69) is 44.8 Å². The Morgan fingerprint density at radius 1 is 1.03 bits per heavy atom. The van der Waals surface area contributed by atoms with Gasteiger partial charge < -0.3 is 15.2 Å². The van der Waals surface area contributed by atoms with Gasteiger partial charge in [-0.05, 0) is 54.1 Å². The van der Waals surface area contributed by atoms with Crippen molar-refractivity contribution in [2.45, 2.75) is 12.2 Å². The number of benzene rings is 3. The van der Waals surface area contributed by atoms with Crippen LogP contribution in [0.1, 0.15) is 28.9 Å². The van der Waals surface area contributed by atoms with Crippen LogP contribution >= 0.6 is 27.5 Å². The van der Waals surface area contributed by atoms with E-state index < -0.39 is 0 Å². The smallest absolute Gasteiger partial charge is 0.120 e. The molecule has 1 heterocycles. The summed E-state index contributed by atoms with van der Waals surface area (Å²) in [6, 6.07) is 20.9. The fraction of sp³-hybridized carbons (Fsp3) is 0.130. The van der Waals surface area contributed by atoms with E-state index in [9.17, 15) is 5.11 Å². The van der Waals surface area contributed by atoms with Crippen LogP contribution in [0.15, 0.2) is 77.3 Å². The number of rotatable bonds is 4. The maximum atomic E-state index is 10.4. The van der Waals surface area contributed by atoms with Crippen molar-refractivity contribution in [3.8, 4) is 11.5 Å². The van der Waals surface area contributed by atoms with Crippen molar-refractivity contribution in [2.75, 3.05) is 7.11 Å². The number of phenols is 1. The fourth-order valence-electron chi connectivity index (χ4n) is 3.40. The highest BCUT2D eigenvalue weighted by molar-refractivity contribution is 9.10. The second-order valence-electron chi connectivity index (χ2n) is 6.79. The fourth-order valence-corrected chi connectivity index (χ4v) is 3.84. The van der Waals surface area contributed by atoms with E-state index in [1.165, 1.54) is 0 Å². The molecule has 0 radical (unpaired) electrons. The van der Waals surface area contributed by atoms with E-state index in [0.717, 1.165) is 32.6 Å². The van der Waals surface area contributed by atoms with Gasteiger partial charge in [0, 0.05) is 26.3 Å². The molecule has 4 nitrogen and oxygen atoms in total. The van der Waals surface area contributed by atoms with Crippen LogP contribution in [0.25, 0.3) is 5.70 Å². The number of aromatic hydroxyl groups is 1. The van der Waals surface area contributed by atoms with Gasteiger partial charge in [0.25, 0.3) is 0 Å². The maximum absolute atomic E-state index is 10.4. The van der Waals surface area contributed by atoms with Crippen LogP contribution in [-0.4, -0.2) is 12.2 Å². The van der Waals surface area contributed by atoms with Gasteiger partial charge in [-0.1, -0.05) is 51.8 Å². The van der Waals surface area contributed by atoms with Crippen LogP contribution in [0, 0.1) is 0 Å². The van der Waals surface area contributed by atoms with Gasteiger partial charge in [0.2, 0.25) is 0 Å². The van der Waals surface area contributed by atoms with Gasteiger partial charge in [0.1, 0.15) is 17.7 Å². The summed E-state index contributed by atoms with van der Waals surface area (Å²) < 4.78 is 6.40. The van der Waals surface area contributed by atoms with E-state index in [1.54, 1.807) is 25.3 Å². The normalized spacial score (nSPS) is 18.7. The van der Waals surface area contributed by atoms with E-state index in [4.69, 9.17) is 16.3 Å². The van der Waals surface area contributed by atoms with Crippen molar-refractivity contribution >= 4 is 33.2 Å². The van der Waals surface area contributed by atoms with Crippen LogP contribution in [0.3, 0.4) is 0 Å². The minimum Gasteiger partial charge on any atom is -0.508 e. The minimum absolute atomic E-state index is 0.155. The monoisotopic (exact) mass is 470 g/mol. The van der Waals surface area contributed by atoms with Crippen molar-refractivity contribution in [1.82, 2.24) is 10.6 Å². The van der Waals surface area contributed by atoms with Gasteiger partial charge in [0.15, 0.2) is 0 Å². The predicted molar refractivity (Wildman–Crippen MR) is 120 cm³/mol. The summed E-state index contributed by atoms with van der Waals surface area (Å²) in [5.74, 6) is 0.982. The first-order valence-corrected chi connectivity index (χ1v) is 10.3. The van der Waals surface area contributed by atoms with Crippen LogP contribution in [0.5, 0.6) is 11.5 Å². The lowest BCUT2D eigenvalue weighted by Gasteiger charge is -2.33. The second-order valence-corrected chi connectivity index (χ2v) is 8.14. The maximum Gasteiger partial charge on any atom is 0.120 e. The standard InChI is InChI=1S/C23H20BrClN2O2/c1-29-18-4-2-3-15(11-18)20-13-21(19-12-17(25)9-10-22(19)28)27-23(26-20)14-5-7-16(24)8-6-14/h2-13,21,23,26-28H,1H3. The third-order valence-corrected chi connectivity index (χ3v) is 5.65. The summed E-state index contributed by atoms with van der Waals surface area (Å²) in [6.45, 7) is 0. The van der Waals surface area contributed by atoms with Gasteiger partial charge >= 0.3 is 0 Å². The highest BCUT2D eigenvalue weighted by Crippen LogP contribution is 2.35. The number of ether oxygens (including phenoxy) is 1. The third kappa shape index (κ3) is 4.42. The number of methoxy groups -OCH3 is 1. The van der Waals surface area contributed by atoms with Crippen molar-refractivity contribution < 1.29 is 9.84 Å². The average Bonchev–Trinajstić information content (AvgIpc) is 2.75. The molecule has 148 valence electrons. The van der Waals surface area contributed by atoms with Gasteiger partial charge in [-0.25, -0.2) is 0 Å². The van der Waals surface area contributed by atoms with Crippen molar-refractivity contribution in [2.24, 2.45) is 0 Å². The van der Waals surface area contributed by atoms with Gasteiger partial charge in [-0.2, -0.15) is 0 Å². The molecule has 2 unspecified atom stereocenters. The lowest BCUT2D eigenvalue weighted by Crippen LogP contribution is -2.39. The highest BCUT2D eigenvalue weighted by Gasteiger charge is 2.26. The molecular formula is C23H20BrClN2O2. The van der Waals surface area contributed by atoms with E-state index in [-0.39, 0.29) is 18.0 Å². The SMILES string of the molecule is COc1cccc(C2=CC(c3cc(Cl)ccc3O)NC(c3ccc(Br)cc3)N2)c1. The number of nitrogens with one attached hydrogen (secondary N) is 2. The molecule has 4 rings (SSSR count). The number of phenolic OH excluding ortho intramolecular Hbond substituents is 1. The van der Waals surface area contributed by atoms with Gasteiger partial charge in [-0.15, -0.1) is 0 Å². The Balaban J connectivity index is 1.78. The largest absolute Gasteiger partial charge is 0.508 e. The summed E-state index contributed by atoms with van der Waals surface area (Å²) >= 11 is 9.69. The van der Waals surface area contributed by atoms with E-state index >= 15 is 0 Å². The number of hydrogen-bond acceptors (Lipinski definition) is 4. The molecule has 3 N–H and O–H groups in total. The Kier molecular flexibility index (Phi) is 5.81. The second kappa shape index (κ2) is 8.49. The molecule has 6 heteroatoms. The van der Waals surface area contributed by atoms with Crippen LogP contribution in [0.4, 0.5) is 0 Å². The van der Waals surface area contributed by atoms with Crippen LogP contribution in [0.2, 0.25) is 5.02 Å². The average molecular weight is 472 g/mol. The molecule has 0 saturated carbocycles. The predicted octanol–water partition coefficient (Wildman–Crippen LogP) is 5.79. The molecule has 0 amide bonds. The van der Waals surface area contributed by atoms with Crippen LogP contribution in [-0.2, 0) is 0 Å². The quantitative estimate of drug-likeness (QED) is 0.451. The number of hydrogen-bond donors (Lipinski definition) is 3. The zero-order valence-electron chi connectivity index (χ0n) is 15.7. The Labute approximate surface area is 183 Å².